The highest BCUT2D eigenvalue weighted by atomic mass is 15.0. The van der Waals surface area contributed by atoms with E-state index < -0.39 is 0 Å². The summed E-state index contributed by atoms with van der Waals surface area (Å²) in [7, 11) is 0. The maximum absolute atomic E-state index is 4.66. The molecule has 17 heavy (non-hydrogen) atoms. The molecule has 2 aromatic rings. The maximum Gasteiger partial charge on any atom is 0.126 e. The number of anilines is 1. The monoisotopic (exact) mass is 226 g/mol. The highest BCUT2D eigenvalue weighted by Gasteiger charge is 2.23. The minimum Gasteiger partial charge on any atom is -0.367 e. The van der Waals surface area contributed by atoms with Gasteiger partial charge in [0.25, 0.3) is 0 Å². The molecule has 0 spiro atoms. The standard InChI is InChI=1S/C15H18N2/c1-11-5-4-8-13(11)16-15-10-9-12-6-2-3-7-14(12)17-15/h2-3,6-7,9-11,13H,4-5,8H2,1H3,(H,16,17). The van der Waals surface area contributed by atoms with Crippen LogP contribution in [0.15, 0.2) is 36.4 Å². The van der Waals surface area contributed by atoms with Gasteiger partial charge in [0.1, 0.15) is 5.82 Å². The SMILES string of the molecule is CC1CCCC1Nc1ccc2ccccc2n1. The van der Waals surface area contributed by atoms with E-state index in [0.717, 1.165) is 17.3 Å². The number of hydrogen-bond donors (Lipinski definition) is 1. The van der Waals surface area contributed by atoms with Gasteiger partial charge in [0.15, 0.2) is 0 Å². The van der Waals surface area contributed by atoms with Gasteiger partial charge in [-0.05, 0) is 37.0 Å². The van der Waals surface area contributed by atoms with Crippen molar-refractivity contribution in [2.45, 2.75) is 32.2 Å². The maximum atomic E-state index is 4.66. The van der Waals surface area contributed by atoms with E-state index in [-0.39, 0.29) is 0 Å². The lowest BCUT2D eigenvalue weighted by Crippen LogP contribution is -2.22. The third-order valence-corrected chi connectivity index (χ3v) is 3.79. The zero-order valence-electron chi connectivity index (χ0n) is 10.2. The molecule has 1 saturated carbocycles. The van der Waals surface area contributed by atoms with Gasteiger partial charge in [-0.3, -0.25) is 0 Å². The first-order valence-electron chi connectivity index (χ1n) is 6.45. The number of pyridine rings is 1. The molecule has 1 N–H and O–H groups in total. The molecule has 1 aromatic heterocycles. The number of para-hydroxylation sites is 1. The minimum atomic E-state index is 0.601. The Morgan fingerprint density at radius 2 is 2.00 bits per heavy atom. The zero-order valence-corrected chi connectivity index (χ0v) is 10.2. The molecule has 1 aliphatic rings. The van der Waals surface area contributed by atoms with Gasteiger partial charge in [-0.15, -0.1) is 0 Å². The molecule has 1 heterocycles. The van der Waals surface area contributed by atoms with Crippen LogP contribution in [0, 0.1) is 5.92 Å². The number of aromatic nitrogens is 1. The number of nitrogens with one attached hydrogen (secondary N) is 1. The Balaban J connectivity index is 1.85. The summed E-state index contributed by atoms with van der Waals surface area (Å²) in [5.74, 6) is 1.78. The molecule has 88 valence electrons. The van der Waals surface area contributed by atoms with Gasteiger partial charge in [0.05, 0.1) is 5.52 Å². The smallest absolute Gasteiger partial charge is 0.126 e. The molecular weight excluding hydrogens is 208 g/mol. The highest BCUT2D eigenvalue weighted by molar-refractivity contribution is 5.80. The Bertz CT molecular complexity index is 521. The van der Waals surface area contributed by atoms with E-state index in [0.29, 0.717) is 6.04 Å². The molecule has 0 radical (unpaired) electrons. The van der Waals surface area contributed by atoms with Crippen LogP contribution in [0.5, 0.6) is 0 Å². The summed E-state index contributed by atoms with van der Waals surface area (Å²) in [6.07, 6.45) is 3.95. The van der Waals surface area contributed by atoms with Crippen molar-refractivity contribution in [3.63, 3.8) is 0 Å². The van der Waals surface area contributed by atoms with Gasteiger partial charge < -0.3 is 5.32 Å². The van der Waals surface area contributed by atoms with Crippen molar-refractivity contribution in [1.29, 1.82) is 0 Å². The van der Waals surface area contributed by atoms with Crippen LogP contribution in [0.3, 0.4) is 0 Å². The van der Waals surface area contributed by atoms with Gasteiger partial charge >= 0.3 is 0 Å². The van der Waals surface area contributed by atoms with Crippen LogP contribution in [-0.2, 0) is 0 Å². The van der Waals surface area contributed by atoms with Gasteiger partial charge in [-0.1, -0.05) is 31.5 Å². The first kappa shape index (κ1) is 10.6. The number of fused-ring (bicyclic) bond motifs is 1. The molecule has 0 amide bonds. The number of hydrogen-bond acceptors (Lipinski definition) is 2. The quantitative estimate of drug-likeness (QED) is 0.841. The van der Waals surface area contributed by atoms with Crippen LogP contribution >= 0.6 is 0 Å². The van der Waals surface area contributed by atoms with Crippen LogP contribution < -0.4 is 5.32 Å². The predicted octanol–water partition coefficient (Wildman–Crippen LogP) is 3.84. The van der Waals surface area contributed by atoms with Crippen LogP contribution in [0.4, 0.5) is 5.82 Å². The summed E-state index contributed by atoms with van der Waals surface area (Å²) in [4.78, 5) is 4.66. The Labute approximate surface area is 102 Å². The Morgan fingerprint density at radius 1 is 1.12 bits per heavy atom. The lowest BCUT2D eigenvalue weighted by Gasteiger charge is -2.18. The second-order valence-corrected chi connectivity index (χ2v) is 5.05. The second kappa shape index (κ2) is 4.36. The average Bonchev–Trinajstić information content (AvgIpc) is 2.75. The summed E-state index contributed by atoms with van der Waals surface area (Å²) in [6, 6.07) is 13.1. The van der Waals surface area contributed by atoms with Crippen molar-refractivity contribution < 1.29 is 0 Å². The summed E-state index contributed by atoms with van der Waals surface area (Å²) >= 11 is 0. The number of rotatable bonds is 2. The van der Waals surface area contributed by atoms with E-state index in [4.69, 9.17) is 0 Å². The molecule has 2 unspecified atom stereocenters. The molecule has 2 heteroatoms. The van der Waals surface area contributed by atoms with Crippen molar-refractivity contribution in [3.8, 4) is 0 Å². The first-order chi connectivity index (χ1) is 8.33. The van der Waals surface area contributed by atoms with Gasteiger partial charge in [-0.25, -0.2) is 4.98 Å². The van der Waals surface area contributed by atoms with Crippen molar-refractivity contribution >= 4 is 16.7 Å². The van der Waals surface area contributed by atoms with Gasteiger partial charge in [0.2, 0.25) is 0 Å². The van der Waals surface area contributed by atoms with E-state index in [1.807, 2.05) is 6.07 Å². The molecule has 1 aromatic carbocycles. The zero-order chi connectivity index (χ0) is 11.7. The first-order valence-corrected chi connectivity index (χ1v) is 6.45. The molecule has 0 aliphatic heterocycles. The molecule has 1 fully saturated rings. The van der Waals surface area contributed by atoms with Gasteiger partial charge in [0, 0.05) is 11.4 Å². The normalized spacial score (nSPS) is 24.1. The summed E-state index contributed by atoms with van der Waals surface area (Å²) in [5.41, 5.74) is 1.07. The summed E-state index contributed by atoms with van der Waals surface area (Å²) in [6.45, 7) is 2.33. The predicted molar refractivity (Wildman–Crippen MR) is 72.2 cm³/mol. The highest BCUT2D eigenvalue weighted by Crippen LogP contribution is 2.27. The van der Waals surface area contributed by atoms with Crippen LogP contribution in [-0.4, -0.2) is 11.0 Å². The lowest BCUT2D eigenvalue weighted by atomic mass is 10.1. The third kappa shape index (κ3) is 2.12. The molecule has 3 rings (SSSR count). The fourth-order valence-corrected chi connectivity index (χ4v) is 2.70. The molecule has 2 nitrogen and oxygen atoms in total. The Kier molecular flexibility index (Phi) is 2.71. The Morgan fingerprint density at radius 3 is 2.82 bits per heavy atom. The van der Waals surface area contributed by atoms with E-state index in [9.17, 15) is 0 Å². The lowest BCUT2D eigenvalue weighted by molar-refractivity contribution is 0.555. The molecule has 0 saturated heterocycles. The van der Waals surface area contributed by atoms with Crippen molar-refractivity contribution in [2.75, 3.05) is 5.32 Å². The minimum absolute atomic E-state index is 0.601. The van der Waals surface area contributed by atoms with Crippen LogP contribution in [0.1, 0.15) is 26.2 Å². The number of nitrogens with zero attached hydrogens (tertiary/aromatic N) is 1. The van der Waals surface area contributed by atoms with Crippen LogP contribution in [0.2, 0.25) is 0 Å². The largest absolute Gasteiger partial charge is 0.367 e. The fourth-order valence-electron chi connectivity index (χ4n) is 2.70. The van der Waals surface area contributed by atoms with E-state index in [1.165, 1.54) is 24.6 Å². The van der Waals surface area contributed by atoms with E-state index in [1.54, 1.807) is 0 Å². The fraction of sp³-hybridized carbons (Fsp3) is 0.400. The average molecular weight is 226 g/mol. The molecule has 0 bridgehead atoms. The van der Waals surface area contributed by atoms with Crippen molar-refractivity contribution in [3.05, 3.63) is 36.4 Å². The van der Waals surface area contributed by atoms with Crippen molar-refractivity contribution in [2.24, 2.45) is 5.92 Å². The van der Waals surface area contributed by atoms with E-state index >= 15 is 0 Å². The van der Waals surface area contributed by atoms with Gasteiger partial charge in [-0.2, -0.15) is 0 Å². The molecule has 1 aliphatic carbocycles. The van der Waals surface area contributed by atoms with Crippen molar-refractivity contribution in [1.82, 2.24) is 4.98 Å². The molecule has 2 atom stereocenters. The number of benzene rings is 1. The second-order valence-electron chi connectivity index (χ2n) is 5.05. The molecular formula is C15H18N2. The van der Waals surface area contributed by atoms with E-state index in [2.05, 4.69) is 47.6 Å². The Hall–Kier alpha value is -1.57. The van der Waals surface area contributed by atoms with Crippen LogP contribution in [0.25, 0.3) is 10.9 Å². The summed E-state index contributed by atoms with van der Waals surface area (Å²) in [5, 5.41) is 4.78. The summed E-state index contributed by atoms with van der Waals surface area (Å²) < 4.78 is 0. The topological polar surface area (TPSA) is 24.9 Å². The third-order valence-electron chi connectivity index (χ3n) is 3.79.